The van der Waals surface area contributed by atoms with Gasteiger partial charge in [0, 0.05) is 6.54 Å². The average Bonchev–Trinajstić information content (AvgIpc) is 2.45. The van der Waals surface area contributed by atoms with Crippen LogP contribution in [0.2, 0.25) is 0 Å². The standard InChI is InChI=1S/C15H25FN2O2S/c1-2-10-17-11-3-4-13-21(19,20)18-12-9-14-5-7-15(16)8-6-14/h5-8,17-18H,2-4,9-13H2,1H3. The monoisotopic (exact) mass is 316 g/mol. The van der Waals surface area contributed by atoms with Gasteiger partial charge in [-0.2, -0.15) is 0 Å². The number of nitrogens with one attached hydrogen (secondary N) is 2. The van der Waals surface area contributed by atoms with E-state index in [0.717, 1.165) is 31.5 Å². The first-order valence-electron chi connectivity index (χ1n) is 7.46. The highest BCUT2D eigenvalue weighted by atomic mass is 32.2. The van der Waals surface area contributed by atoms with Gasteiger partial charge >= 0.3 is 0 Å². The maximum absolute atomic E-state index is 12.7. The maximum atomic E-state index is 12.7. The van der Waals surface area contributed by atoms with Crippen LogP contribution in [-0.2, 0) is 16.4 Å². The SMILES string of the molecule is CCCNCCCCS(=O)(=O)NCCc1ccc(F)cc1. The summed E-state index contributed by atoms with van der Waals surface area (Å²) in [6.45, 7) is 4.28. The van der Waals surface area contributed by atoms with Gasteiger partial charge in [0.2, 0.25) is 10.0 Å². The summed E-state index contributed by atoms with van der Waals surface area (Å²) >= 11 is 0. The summed E-state index contributed by atoms with van der Waals surface area (Å²) in [5.41, 5.74) is 0.919. The molecule has 1 rings (SSSR count). The second kappa shape index (κ2) is 9.87. The minimum atomic E-state index is -3.20. The van der Waals surface area contributed by atoms with E-state index in [2.05, 4.69) is 17.0 Å². The zero-order valence-electron chi connectivity index (χ0n) is 12.6. The predicted octanol–water partition coefficient (Wildman–Crippen LogP) is 2.07. The Morgan fingerprint density at radius 1 is 1.05 bits per heavy atom. The first-order valence-corrected chi connectivity index (χ1v) is 9.11. The van der Waals surface area contributed by atoms with Gasteiger partial charge in [-0.25, -0.2) is 17.5 Å². The maximum Gasteiger partial charge on any atom is 0.211 e. The summed E-state index contributed by atoms with van der Waals surface area (Å²) in [4.78, 5) is 0. The first kappa shape index (κ1) is 18.1. The lowest BCUT2D eigenvalue weighted by atomic mass is 10.1. The summed E-state index contributed by atoms with van der Waals surface area (Å²) in [5.74, 6) is -0.125. The third-order valence-electron chi connectivity index (χ3n) is 3.09. The number of sulfonamides is 1. The van der Waals surface area contributed by atoms with E-state index < -0.39 is 10.0 Å². The van der Waals surface area contributed by atoms with Crippen molar-refractivity contribution >= 4 is 10.0 Å². The number of benzene rings is 1. The van der Waals surface area contributed by atoms with E-state index in [0.29, 0.717) is 19.4 Å². The van der Waals surface area contributed by atoms with Crippen molar-refractivity contribution in [3.05, 3.63) is 35.6 Å². The van der Waals surface area contributed by atoms with Crippen LogP contribution >= 0.6 is 0 Å². The minimum absolute atomic E-state index is 0.157. The smallest absolute Gasteiger partial charge is 0.211 e. The van der Waals surface area contributed by atoms with Crippen LogP contribution in [0.25, 0.3) is 0 Å². The van der Waals surface area contributed by atoms with E-state index in [4.69, 9.17) is 0 Å². The molecule has 6 heteroatoms. The Morgan fingerprint density at radius 2 is 1.76 bits per heavy atom. The molecule has 0 saturated heterocycles. The molecule has 0 aromatic heterocycles. The normalized spacial score (nSPS) is 11.7. The molecule has 2 N–H and O–H groups in total. The summed E-state index contributed by atoms with van der Waals surface area (Å²) < 4.78 is 38.9. The van der Waals surface area contributed by atoms with Crippen LogP contribution in [-0.4, -0.2) is 33.8 Å². The molecule has 0 aliphatic heterocycles. The molecule has 0 aliphatic rings. The molecular formula is C15H25FN2O2S. The number of hydrogen-bond donors (Lipinski definition) is 2. The van der Waals surface area contributed by atoms with Crippen molar-refractivity contribution in [1.29, 1.82) is 0 Å². The lowest BCUT2D eigenvalue weighted by Gasteiger charge is -2.07. The lowest BCUT2D eigenvalue weighted by Crippen LogP contribution is -2.28. The Bertz CT molecular complexity index is 489. The molecule has 0 heterocycles. The van der Waals surface area contributed by atoms with Crippen molar-refractivity contribution in [3.8, 4) is 0 Å². The van der Waals surface area contributed by atoms with Crippen LogP contribution in [0.4, 0.5) is 4.39 Å². The largest absolute Gasteiger partial charge is 0.317 e. The van der Waals surface area contributed by atoms with Gasteiger partial charge in [0.05, 0.1) is 5.75 Å². The lowest BCUT2D eigenvalue weighted by molar-refractivity contribution is 0.573. The molecule has 4 nitrogen and oxygen atoms in total. The van der Waals surface area contributed by atoms with Gasteiger partial charge < -0.3 is 5.32 Å². The first-order chi connectivity index (χ1) is 10.0. The molecule has 0 amide bonds. The van der Waals surface area contributed by atoms with E-state index in [1.807, 2.05) is 0 Å². The summed E-state index contributed by atoms with van der Waals surface area (Å²) in [5, 5.41) is 3.24. The van der Waals surface area contributed by atoms with Crippen molar-refractivity contribution in [2.24, 2.45) is 0 Å². The molecule has 0 spiro atoms. The van der Waals surface area contributed by atoms with Gasteiger partial charge in [0.15, 0.2) is 0 Å². The van der Waals surface area contributed by atoms with Crippen LogP contribution in [0.15, 0.2) is 24.3 Å². The van der Waals surface area contributed by atoms with Crippen molar-refractivity contribution in [1.82, 2.24) is 10.0 Å². The Kier molecular flexibility index (Phi) is 8.49. The predicted molar refractivity (Wildman–Crippen MR) is 84.3 cm³/mol. The molecule has 0 fully saturated rings. The van der Waals surface area contributed by atoms with Gasteiger partial charge in [-0.15, -0.1) is 0 Å². The van der Waals surface area contributed by atoms with E-state index in [9.17, 15) is 12.8 Å². The Hall–Kier alpha value is -0.980. The van der Waals surface area contributed by atoms with Crippen LogP contribution in [0.1, 0.15) is 31.7 Å². The zero-order chi connectivity index (χ0) is 15.6. The van der Waals surface area contributed by atoms with Gasteiger partial charge in [-0.1, -0.05) is 19.1 Å². The number of rotatable bonds is 11. The highest BCUT2D eigenvalue weighted by molar-refractivity contribution is 7.89. The molecule has 21 heavy (non-hydrogen) atoms. The van der Waals surface area contributed by atoms with Crippen LogP contribution in [0, 0.1) is 5.82 Å². The quantitative estimate of drug-likeness (QED) is 0.615. The van der Waals surface area contributed by atoms with Crippen LogP contribution in [0.3, 0.4) is 0 Å². The second-order valence-corrected chi connectivity index (χ2v) is 6.97. The molecule has 1 aromatic carbocycles. The molecule has 0 radical (unpaired) electrons. The highest BCUT2D eigenvalue weighted by Gasteiger charge is 2.08. The molecule has 0 atom stereocenters. The topological polar surface area (TPSA) is 58.2 Å². The van der Waals surface area contributed by atoms with Crippen molar-refractivity contribution in [3.63, 3.8) is 0 Å². The number of halogens is 1. The number of hydrogen-bond acceptors (Lipinski definition) is 3. The van der Waals surface area contributed by atoms with E-state index >= 15 is 0 Å². The summed E-state index contributed by atoms with van der Waals surface area (Å²) in [6.07, 6.45) is 3.17. The molecular weight excluding hydrogens is 291 g/mol. The molecule has 1 aromatic rings. The molecule has 0 aliphatic carbocycles. The van der Waals surface area contributed by atoms with Crippen molar-refractivity contribution < 1.29 is 12.8 Å². The molecule has 0 unspecified atom stereocenters. The summed E-state index contributed by atoms with van der Waals surface area (Å²) in [6, 6.07) is 6.10. The van der Waals surface area contributed by atoms with Crippen LogP contribution < -0.4 is 10.0 Å². The molecule has 0 bridgehead atoms. The summed E-state index contributed by atoms with van der Waals surface area (Å²) in [7, 11) is -3.20. The van der Waals surface area contributed by atoms with Crippen molar-refractivity contribution in [2.75, 3.05) is 25.4 Å². The average molecular weight is 316 g/mol. The fourth-order valence-corrected chi connectivity index (χ4v) is 3.06. The van der Waals surface area contributed by atoms with E-state index in [-0.39, 0.29) is 11.6 Å². The van der Waals surface area contributed by atoms with E-state index in [1.165, 1.54) is 12.1 Å². The van der Waals surface area contributed by atoms with E-state index in [1.54, 1.807) is 12.1 Å². The third-order valence-corrected chi connectivity index (χ3v) is 4.56. The molecule has 0 saturated carbocycles. The highest BCUT2D eigenvalue weighted by Crippen LogP contribution is 2.03. The Morgan fingerprint density at radius 3 is 2.43 bits per heavy atom. The molecule has 120 valence electrons. The second-order valence-electron chi connectivity index (χ2n) is 5.05. The Balaban J connectivity index is 2.16. The van der Waals surface area contributed by atoms with Crippen molar-refractivity contribution in [2.45, 2.75) is 32.6 Å². The number of unbranched alkanes of at least 4 members (excludes halogenated alkanes) is 1. The van der Waals surface area contributed by atoms with Gasteiger partial charge in [-0.3, -0.25) is 0 Å². The Labute approximate surface area is 127 Å². The third kappa shape index (κ3) is 8.80. The minimum Gasteiger partial charge on any atom is -0.317 e. The fraction of sp³-hybridized carbons (Fsp3) is 0.600. The van der Waals surface area contributed by atoms with Gasteiger partial charge in [-0.05, 0) is 56.5 Å². The van der Waals surface area contributed by atoms with Gasteiger partial charge in [0.1, 0.15) is 5.82 Å². The zero-order valence-corrected chi connectivity index (χ0v) is 13.4. The fourth-order valence-electron chi connectivity index (χ4n) is 1.92. The van der Waals surface area contributed by atoms with Crippen LogP contribution in [0.5, 0.6) is 0 Å². The van der Waals surface area contributed by atoms with Gasteiger partial charge in [0.25, 0.3) is 0 Å².